The first-order valence-corrected chi connectivity index (χ1v) is 18.8. The van der Waals surface area contributed by atoms with E-state index in [9.17, 15) is 15.4 Å². The molecule has 0 aliphatic heterocycles. The number of rotatable bonds is 12. The Morgan fingerprint density at radius 1 is 0.593 bits per heavy atom. The van der Waals surface area contributed by atoms with Gasteiger partial charge in [0, 0.05) is 34.9 Å². The minimum absolute atomic E-state index is 0. The van der Waals surface area contributed by atoms with Crippen LogP contribution in [0.2, 0.25) is 0 Å². The number of furan rings is 1. The van der Waals surface area contributed by atoms with E-state index in [1.807, 2.05) is 56.3 Å². The van der Waals surface area contributed by atoms with Crippen LogP contribution >= 0.6 is 0 Å². The second-order valence-electron chi connectivity index (χ2n) is 14.6. The maximum absolute atomic E-state index is 14.9. The zero-order valence-corrected chi connectivity index (χ0v) is 34.4. The molecule has 9 rings (SSSR count). The Labute approximate surface area is 371 Å². The Balaban J connectivity index is 0.00000625. The van der Waals surface area contributed by atoms with Crippen LogP contribution in [0.5, 0.6) is 0 Å². The second-order valence-corrected chi connectivity index (χ2v) is 14.6. The van der Waals surface area contributed by atoms with Crippen molar-refractivity contribution < 1.29 is 41.2 Å². The molecule has 4 heterocycles. The van der Waals surface area contributed by atoms with Gasteiger partial charge >= 0.3 is 20.1 Å². The van der Waals surface area contributed by atoms with E-state index < -0.39 is 36.7 Å². The summed E-state index contributed by atoms with van der Waals surface area (Å²) in [4.78, 5) is 13.6. The van der Waals surface area contributed by atoms with Crippen molar-refractivity contribution in [3.05, 3.63) is 209 Å². The van der Waals surface area contributed by atoms with Gasteiger partial charge in [-0.3, -0.25) is 0 Å². The molecule has 0 unspecified atom stereocenters. The molecule has 0 atom stereocenters. The monoisotopic (exact) mass is 956 g/mol. The number of aromatic nitrogens is 3. The molecule has 4 aromatic heterocycles. The van der Waals surface area contributed by atoms with Crippen molar-refractivity contribution in [1.82, 2.24) is 15.0 Å². The summed E-state index contributed by atoms with van der Waals surface area (Å²) in [6.45, 7) is 3.89. The van der Waals surface area contributed by atoms with Crippen LogP contribution in [0, 0.1) is 24.0 Å². The molecule has 5 aromatic carbocycles. The number of halogens is 1. The van der Waals surface area contributed by atoms with Crippen LogP contribution in [-0.2, 0) is 57.4 Å². The zero-order valence-electron chi connectivity index (χ0n) is 41.0. The van der Waals surface area contributed by atoms with Crippen LogP contribution in [0.3, 0.4) is 0 Å². The molecule has 290 valence electrons. The van der Waals surface area contributed by atoms with E-state index in [2.05, 4.69) is 28.2 Å². The number of para-hydroxylation sites is 1. The fourth-order valence-corrected chi connectivity index (χ4v) is 7.01. The van der Waals surface area contributed by atoms with E-state index in [4.69, 9.17) is 10.8 Å². The van der Waals surface area contributed by atoms with Crippen LogP contribution in [0.4, 0.5) is 4.39 Å². The Bertz CT molecular complexity index is 3130. The van der Waals surface area contributed by atoms with Gasteiger partial charge in [-0.25, -0.2) is 4.39 Å². The number of hydrogen-bond acceptors (Lipinski definition) is 4. The summed E-state index contributed by atoms with van der Waals surface area (Å²) < 4.78 is 104. The van der Waals surface area contributed by atoms with Gasteiger partial charge < -0.3 is 19.4 Å². The van der Waals surface area contributed by atoms with Gasteiger partial charge in [-0.05, 0) is 93.8 Å². The molecular formula is C53H41FIrN3O. The minimum atomic E-state index is -2.79. The van der Waals surface area contributed by atoms with Crippen LogP contribution in [0.1, 0.15) is 59.6 Å². The molecule has 0 bridgehead atoms. The quantitative estimate of drug-likeness (QED) is 0.115. The van der Waals surface area contributed by atoms with E-state index >= 15 is 0 Å². The Morgan fingerprint density at radius 3 is 1.73 bits per heavy atom. The molecule has 0 amide bonds. The molecule has 0 fully saturated rings. The molecule has 6 heteroatoms. The average Bonchev–Trinajstić information content (AvgIpc) is 3.72. The molecular weight excluding hydrogens is 906 g/mol. The summed E-state index contributed by atoms with van der Waals surface area (Å²) in [5, 5.41) is 1.18. The predicted octanol–water partition coefficient (Wildman–Crippen LogP) is 12.4. The summed E-state index contributed by atoms with van der Waals surface area (Å²) in [7, 11) is 0. The van der Waals surface area contributed by atoms with Crippen molar-refractivity contribution in [3.8, 4) is 33.8 Å². The molecule has 0 N–H and O–H groups in total. The van der Waals surface area contributed by atoms with Crippen molar-refractivity contribution in [2.24, 2.45) is 0 Å². The molecule has 0 aliphatic carbocycles. The molecule has 9 aromatic rings. The molecule has 4 nitrogen and oxygen atoms in total. The molecule has 59 heavy (non-hydrogen) atoms. The summed E-state index contributed by atoms with van der Waals surface area (Å²) in [5.74, 6) is -0.757. The Kier molecular flexibility index (Phi) is 8.87. The average molecular weight is 956 g/mol. The third-order valence-electron chi connectivity index (χ3n) is 9.99. The van der Waals surface area contributed by atoms with E-state index in [0.29, 0.717) is 55.7 Å². The number of nitrogens with zero attached hydrogens (tertiary/aromatic N) is 3. The summed E-state index contributed by atoms with van der Waals surface area (Å²) in [6, 6.07) is 44.0. The number of benzene rings is 5. The standard InChI is InChI=1S/C53H41FN3O.Ir/c1-53(2,43-25-28-50(57-35-43)46-17-9-15-44-45-16-10-18-47(54)52(45)58-51(44)46)32-40-30-38(21-19-36-23-26-48(55-33-36)41-11-5-3-6-12-41)29-39(31-40)22-20-37-24-27-49(56-34-37)42-13-7-4-8-14-42;/h3-11,13,15-16,18,23-31,33-35H,19-22,32H2,1-2H3;/q-3;+3/i18D,19D2,20D2,21D2,22D2;. The maximum Gasteiger partial charge on any atom is 3.00 e. The van der Waals surface area contributed by atoms with Crippen molar-refractivity contribution in [1.29, 1.82) is 0 Å². The minimum Gasteiger partial charge on any atom is -0.498 e. The van der Waals surface area contributed by atoms with Crippen LogP contribution in [0.25, 0.3) is 55.7 Å². The van der Waals surface area contributed by atoms with Gasteiger partial charge in [0.1, 0.15) is 0 Å². The van der Waals surface area contributed by atoms with Crippen LogP contribution in [-0.4, -0.2) is 15.0 Å². The number of hydrogen-bond donors (Lipinski definition) is 0. The number of aryl methyl sites for hydroxylation is 4. The van der Waals surface area contributed by atoms with Gasteiger partial charge in [0.2, 0.25) is 0 Å². The third kappa shape index (κ3) is 8.85. The van der Waals surface area contributed by atoms with E-state index in [-0.39, 0.29) is 60.4 Å². The zero-order chi connectivity index (χ0) is 47.5. The third-order valence-corrected chi connectivity index (χ3v) is 9.99. The first kappa shape index (κ1) is 30.0. The SMILES string of the molecule is [2H]c1ccc2c(oc3c(-c4ccc(C(C)(C)Cc5cc(C([2H])([2H])C([2H])([2H])c6ccc(-c7[c-]cccc7)nc6)cc(C([2H])([2H])C([2H])([2H])c6ccc(-c7[c-]cccc7)nc6)c5)cn4)[c-]ccc32)c1F.[Ir+3]. The van der Waals surface area contributed by atoms with Gasteiger partial charge in [-0.15, -0.1) is 90.0 Å². The maximum atomic E-state index is 14.9. The normalized spacial score (nSPS) is 14.7. The fraction of sp³-hybridized carbons (Fsp3) is 0.151. The fourth-order valence-electron chi connectivity index (χ4n) is 7.01. The summed E-state index contributed by atoms with van der Waals surface area (Å²) in [6.07, 6.45) is -6.52. The van der Waals surface area contributed by atoms with E-state index in [1.54, 1.807) is 54.7 Å². The topological polar surface area (TPSA) is 51.8 Å². The van der Waals surface area contributed by atoms with Crippen molar-refractivity contribution in [3.63, 3.8) is 0 Å². The molecule has 0 saturated carbocycles. The van der Waals surface area contributed by atoms with Crippen molar-refractivity contribution in [2.75, 3.05) is 0 Å². The van der Waals surface area contributed by atoms with Gasteiger partial charge in [0.25, 0.3) is 0 Å². The van der Waals surface area contributed by atoms with Gasteiger partial charge in [-0.1, -0.05) is 91.5 Å². The van der Waals surface area contributed by atoms with E-state index in [0.717, 1.165) is 5.56 Å². The van der Waals surface area contributed by atoms with Gasteiger partial charge in [0.15, 0.2) is 11.4 Å². The molecule has 0 spiro atoms. The molecule has 0 radical (unpaired) electrons. The van der Waals surface area contributed by atoms with Gasteiger partial charge in [-0.2, -0.15) is 0 Å². The Hall–Kier alpha value is -6.07. The largest absolute Gasteiger partial charge is 3.00 e. The predicted molar refractivity (Wildman–Crippen MR) is 231 cm³/mol. The van der Waals surface area contributed by atoms with Crippen molar-refractivity contribution >= 4 is 21.9 Å². The first-order valence-electron chi connectivity index (χ1n) is 23.3. The summed E-state index contributed by atoms with van der Waals surface area (Å²) >= 11 is 0. The van der Waals surface area contributed by atoms with Crippen molar-refractivity contribution in [2.45, 2.75) is 51.2 Å². The summed E-state index contributed by atoms with van der Waals surface area (Å²) in [5.41, 5.74) is 3.74. The molecule has 0 saturated heterocycles. The number of fused-ring (bicyclic) bond motifs is 3. The van der Waals surface area contributed by atoms with Gasteiger partial charge in [0.05, 0.1) is 6.95 Å². The number of pyridine rings is 3. The Morgan fingerprint density at radius 2 is 1.17 bits per heavy atom. The second kappa shape index (κ2) is 17.4. The van der Waals surface area contributed by atoms with Crippen LogP contribution < -0.4 is 0 Å². The van der Waals surface area contributed by atoms with Crippen LogP contribution in [0.15, 0.2) is 156 Å². The van der Waals surface area contributed by atoms with E-state index in [1.165, 1.54) is 48.8 Å². The molecule has 0 aliphatic rings. The first-order chi connectivity index (χ1) is 31.8. The smallest absolute Gasteiger partial charge is 0.498 e.